The second kappa shape index (κ2) is 4.94. The highest BCUT2D eigenvalue weighted by Gasteiger charge is 2.10. The van der Waals surface area contributed by atoms with Gasteiger partial charge in [-0.05, 0) is 19.9 Å². The lowest BCUT2D eigenvalue weighted by atomic mass is 10.2. The van der Waals surface area contributed by atoms with E-state index >= 15 is 0 Å². The summed E-state index contributed by atoms with van der Waals surface area (Å²) in [5.74, 6) is -0.136. The van der Waals surface area contributed by atoms with E-state index in [0.717, 1.165) is 16.1 Å². The minimum absolute atomic E-state index is 0.136. The Kier molecular flexibility index (Phi) is 3.84. The minimum atomic E-state index is -0.136. The fourth-order valence-electron chi connectivity index (χ4n) is 1.20. The molecule has 3 N–H and O–H groups in total. The fourth-order valence-corrected chi connectivity index (χ4v) is 2.14. The molecule has 1 aromatic rings. The smallest absolute Gasteiger partial charge is 0.223 e. The molecular formula is C11H15N3OS. The Hall–Kier alpha value is -1.62. The molecule has 0 spiro atoms. The molecule has 0 aliphatic heterocycles. The van der Waals surface area contributed by atoms with E-state index in [9.17, 15) is 4.79 Å². The predicted molar refractivity (Wildman–Crippen MR) is 68.1 cm³/mol. The van der Waals surface area contributed by atoms with E-state index in [1.807, 2.05) is 13.8 Å². The molecule has 0 saturated heterocycles. The zero-order valence-electron chi connectivity index (χ0n) is 9.63. The molecule has 0 atom stereocenters. The van der Waals surface area contributed by atoms with Gasteiger partial charge in [0.15, 0.2) is 5.13 Å². The maximum Gasteiger partial charge on any atom is 0.223 e. The molecule has 1 rings (SSSR count). The molecule has 0 saturated carbocycles. The molecule has 4 nitrogen and oxygen atoms in total. The SMILES string of the molecule is C=C(C)/C=C(\N)c1sc(NC(C)=O)nc1C. The van der Waals surface area contributed by atoms with Crippen molar-refractivity contribution in [3.8, 4) is 0 Å². The van der Waals surface area contributed by atoms with Crippen molar-refractivity contribution in [3.63, 3.8) is 0 Å². The highest BCUT2D eigenvalue weighted by Crippen LogP contribution is 2.27. The summed E-state index contributed by atoms with van der Waals surface area (Å²) in [6.07, 6.45) is 1.79. The zero-order chi connectivity index (χ0) is 12.3. The lowest BCUT2D eigenvalue weighted by Gasteiger charge is -1.97. The Bertz CT molecular complexity index is 460. The first-order valence-corrected chi connectivity index (χ1v) is 5.60. The van der Waals surface area contributed by atoms with Crippen LogP contribution in [0.1, 0.15) is 24.4 Å². The molecule has 0 fully saturated rings. The van der Waals surface area contributed by atoms with Crippen molar-refractivity contribution in [3.05, 3.63) is 28.8 Å². The second-order valence-electron chi connectivity index (χ2n) is 3.56. The van der Waals surface area contributed by atoms with Crippen LogP contribution in [0.5, 0.6) is 0 Å². The summed E-state index contributed by atoms with van der Waals surface area (Å²) >= 11 is 1.36. The van der Waals surface area contributed by atoms with E-state index in [2.05, 4.69) is 16.9 Å². The molecule has 0 aliphatic rings. The van der Waals surface area contributed by atoms with Gasteiger partial charge < -0.3 is 11.1 Å². The molecule has 1 heterocycles. The summed E-state index contributed by atoms with van der Waals surface area (Å²) in [5.41, 5.74) is 8.21. The minimum Gasteiger partial charge on any atom is -0.398 e. The number of anilines is 1. The van der Waals surface area contributed by atoms with Crippen LogP contribution >= 0.6 is 11.3 Å². The molecule has 0 unspecified atom stereocenters. The number of carbonyl (C=O) groups excluding carboxylic acids is 1. The molecule has 5 heteroatoms. The first-order valence-electron chi connectivity index (χ1n) is 4.78. The van der Waals surface area contributed by atoms with Crippen LogP contribution in [-0.4, -0.2) is 10.9 Å². The van der Waals surface area contributed by atoms with Gasteiger partial charge in [0.2, 0.25) is 5.91 Å². The molecule has 0 aromatic carbocycles. The summed E-state index contributed by atoms with van der Waals surface area (Å²) in [6.45, 7) is 8.94. The van der Waals surface area contributed by atoms with E-state index in [1.54, 1.807) is 6.08 Å². The molecule has 0 radical (unpaired) electrons. The van der Waals surface area contributed by atoms with Crippen LogP contribution in [0.3, 0.4) is 0 Å². The predicted octanol–water partition coefficient (Wildman–Crippen LogP) is 2.29. The average molecular weight is 237 g/mol. The van der Waals surface area contributed by atoms with Gasteiger partial charge in [0.1, 0.15) is 0 Å². The van der Waals surface area contributed by atoms with Gasteiger partial charge >= 0.3 is 0 Å². The Morgan fingerprint density at radius 3 is 2.69 bits per heavy atom. The molecule has 0 bridgehead atoms. The first kappa shape index (κ1) is 12.4. The van der Waals surface area contributed by atoms with Crippen molar-refractivity contribution in [2.45, 2.75) is 20.8 Å². The number of aryl methyl sites for hydroxylation is 1. The fraction of sp³-hybridized carbons (Fsp3) is 0.273. The maximum atomic E-state index is 10.9. The van der Waals surface area contributed by atoms with E-state index in [-0.39, 0.29) is 5.91 Å². The summed E-state index contributed by atoms with van der Waals surface area (Å²) < 4.78 is 0. The number of hydrogen-bond donors (Lipinski definition) is 2. The van der Waals surface area contributed by atoms with Gasteiger partial charge in [0, 0.05) is 6.92 Å². The third-order valence-electron chi connectivity index (χ3n) is 1.74. The van der Waals surface area contributed by atoms with Gasteiger partial charge in [-0.3, -0.25) is 4.79 Å². The Morgan fingerprint density at radius 2 is 2.19 bits per heavy atom. The summed E-state index contributed by atoms with van der Waals surface area (Å²) in [5, 5.41) is 3.21. The number of rotatable bonds is 3. The number of carbonyl (C=O) groups is 1. The van der Waals surface area contributed by atoms with Crippen LogP contribution in [-0.2, 0) is 4.79 Å². The van der Waals surface area contributed by atoms with Crippen LogP contribution in [0.15, 0.2) is 18.2 Å². The Balaban J connectivity index is 3.02. The van der Waals surface area contributed by atoms with Crippen LogP contribution in [0.25, 0.3) is 5.70 Å². The van der Waals surface area contributed by atoms with E-state index in [4.69, 9.17) is 5.73 Å². The summed E-state index contributed by atoms with van der Waals surface area (Å²) in [7, 11) is 0. The number of thiazole rings is 1. The van der Waals surface area contributed by atoms with E-state index in [1.165, 1.54) is 18.3 Å². The monoisotopic (exact) mass is 237 g/mol. The van der Waals surface area contributed by atoms with Crippen molar-refractivity contribution < 1.29 is 4.79 Å². The van der Waals surface area contributed by atoms with Gasteiger partial charge in [-0.25, -0.2) is 4.98 Å². The largest absolute Gasteiger partial charge is 0.398 e. The Labute approximate surface area is 98.9 Å². The number of amides is 1. The van der Waals surface area contributed by atoms with Gasteiger partial charge in [-0.15, -0.1) is 0 Å². The van der Waals surface area contributed by atoms with Crippen LogP contribution < -0.4 is 11.1 Å². The number of aromatic nitrogens is 1. The first-order chi connectivity index (χ1) is 7.40. The second-order valence-corrected chi connectivity index (χ2v) is 4.56. The van der Waals surface area contributed by atoms with Crippen molar-refractivity contribution in [2.75, 3.05) is 5.32 Å². The Morgan fingerprint density at radius 1 is 1.56 bits per heavy atom. The van der Waals surface area contributed by atoms with Crippen molar-refractivity contribution in [1.29, 1.82) is 0 Å². The lowest BCUT2D eigenvalue weighted by molar-refractivity contribution is -0.114. The van der Waals surface area contributed by atoms with Crippen LogP contribution in [0.2, 0.25) is 0 Å². The highest BCUT2D eigenvalue weighted by atomic mass is 32.1. The molecular weight excluding hydrogens is 222 g/mol. The molecule has 1 amide bonds. The third-order valence-corrected chi connectivity index (χ3v) is 2.87. The van der Waals surface area contributed by atoms with Gasteiger partial charge in [-0.2, -0.15) is 0 Å². The summed E-state index contributed by atoms with van der Waals surface area (Å²) in [6, 6.07) is 0. The normalized spacial score (nSPS) is 11.3. The average Bonchev–Trinajstić information content (AvgIpc) is 2.44. The lowest BCUT2D eigenvalue weighted by Crippen LogP contribution is -2.04. The van der Waals surface area contributed by atoms with Crippen molar-refractivity contribution in [2.24, 2.45) is 5.73 Å². The highest BCUT2D eigenvalue weighted by molar-refractivity contribution is 7.16. The molecule has 16 heavy (non-hydrogen) atoms. The quantitative estimate of drug-likeness (QED) is 0.792. The number of nitrogens with zero attached hydrogens (tertiary/aromatic N) is 1. The summed E-state index contributed by atoms with van der Waals surface area (Å²) in [4.78, 5) is 16.0. The molecule has 86 valence electrons. The van der Waals surface area contributed by atoms with E-state index < -0.39 is 0 Å². The number of allylic oxidation sites excluding steroid dienone is 2. The van der Waals surface area contributed by atoms with Crippen molar-refractivity contribution >= 4 is 28.1 Å². The standard InChI is InChI=1S/C11H15N3OS/c1-6(2)5-9(12)10-7(3)13-11(16-10)14-8(4)15/h5H,1,12H2,2-4H3,(H,13,14,15)/b9-5-. The van der Waals surface area contributed by atoms with E-state index in [0.29, 0.717) is 10.8 Å². The van der Waals surface area contributed by atoms with Crippen LogP contribution in [0.4, 0.5) is 5.13 Å². The zero-order valence-corrected chi connectivity index (χ0v) is 10.4. The number of hydrogen-bond acceptors (Lipinski definition) is 4. The van der Waals surface area contributed by atoms with Gasteiger partial charge in [0.05, 0.1) is 16.3 Å². The van der Waals surface area contributed by atoms with Gasteiger partial charge in [0.25, 0.3) is 0 Å². The van der Waals surface area contributed by atoms with Gasteiger partial charge in [-0.1, -0.05) is 23.5 Å². The molecule has 0 aliphatic carbocycles. The molecule has 1 aromatic heterocycles. The van der Waals surface area contributed by atoms with Crippen LogP contribution in [0, 0.1) is 6.92 Å². The topological polar surface area (TPSA) is 68.0 Å². The number of nitrogens with one attached hydrogen (secondary N) is 1. The van der Waals surface area contributed by atoms with Crippen molar-refractivity contribution in [1.82, 2.24) is 4.98 Å². The third kappa shape index (κ3) is 3.20. The number of nitrogens with two attached hydrogens (primary N) is 1. The maximum absolute atomic E-state index is 10.9.